The van der Waals surface area contributed by atoms with Crippen LogP contribution >= 0.6 is 11.8 Å². The van der Waals surface area contributed by atoms with Gasteiger partial charge in [0.25, 0.3) is 0 Å². The van der Waals surface area contributed by atoms with Gasteiger partial charge in [0.1, 0.15) is 5.82 Å². The fourth-order valence-corrected chi connectivity index (χ4v) is 3.68. The highest BCUT2D eigenvalue weighted by atomic mass is 32.2. The Balaban J connectivity index is 2.48. The summed E-state index contributed by atoms with van der Waals surface area (Å²) >= 11 is 1.18. The van der Waals surface area contributed by atoms with Gasteiger partial charge in [-0.25, -0.2) is 12.8 Å². The van der Waals surface area contributed by atoms with E-state index >= 15 is 0 Å². The third-order valence-electron chi connectivity index (χ3n) is 3.05. The molecule has 0 fully saturated rings. The maximum absolute atomic E-state index is 13.2. The van der Waals surface area contributed by atoms with Crippen molar-refractivity contribution in [2.24, 2.45) is 0 Å². The number of halogens is 1. The molecular formula is C15H15FO4S2. The molecule has 0 amide bonds. The Morgan fingerprint density at radius 3 is 2.27 bits per heavy atom. The standard InChI is InChI=1S/C15H15FO4S2/c1-22(19,20)13-4-2-10(8-17)15(7-13)21-14-5-3-12(16)6-11(14)9-18/h2-7,17-18H,8-9H2,1H3. The Bertz CT molecular complexity index is 788. The highest BCUT2D eigenvalue weighted by Gasteiger charge is 2.13. The third kappa shape index (κ3) is 3.86. The summed E-state index contributed by atoms with van der Waals surface area (Å²) in [6.07, 6.45) is 1.10. The predicted octanol–water partition coefficient (Wildman–Crippen LogP) is 2.37. The highest BCUT2D eigenvalue weighted by Crippen LogP contribution is 2.34. The van der Waals surface area contributed by atoms with Gasteiger partial charge in [0.15, 0.2) is 9.84 Å². The Morgan fingerprint density at radius 2 is 1.68 bits per heavy atom. The fourth-order valence-electron chi connectivity index (χ4n) is 1.88. The fraction of sp³-hybridized carbons (Fsp3) is 0.200. The second kappa shape index (κ2) is 6.78. The van der Waals surface area contributed by atoms with Crippen molar-refractivity contribution in [2.75, 3.05) is 6.26 Å². The minimum absolute atomic E-state index is 0.139. The molecule has 0 spiro atoms. The number of hydrogen-bond donors (Lipinski definition) is 2. The Labute approximate surface area is 132 Å². The second-order valence-electron chi connectivity index (χ2n) is 4.71. The van der Waals surface area contributed by atoms with Crippen LogP contribution in [0.15, 0.2) is 51.1 Å². The third-order valence-corrected chi connectivity index (χ3v) is 5.38. The first kappa shape index (κ1) is 17.0. The second-order valence-corrected chi connectivity index (χ2v) is 7.81. The van der Waals surface area contributed by atoms with Gasteiger partial charge in [0.05, 0.1) is 18.1 Å². The SMILES string of the molecule is CS(=O)(=O)c1ccc(CO)c(Sc2ccc(F)cc2CO)c1. The average Bonchev–Trinajstić information content (AvgIpc) is 2.48. The van der Waals surface area contributed by atoms with Crippen LogP contribution in [0.3, 0.4) is 0 Å². The Kier molecular flexibility index (Phi) is 5.23. The summed E-state index contributed by atoms with van der Waals surface area (Å²) in [5.41, 5.74) is 0.962. The first-order valence-corrected chi connectivity index (χ1v) is 9.07. The lowest BCUT2D eigenvalue weighted by Gasteiger charge is -2.11. The van der Waals surface area contributed by atoms with Crippen molar-refractivity contribution < 1.29 is 23.0 Å². The molecule has 0 atom stereocenters. The number of rotatable bonds is 5. The maximum atomic E-state index is 13.2. The molecule has 4 nitrogen and oxygen atoms in total. The minimum Gasteiger partial charge on any atom is -0.392 e. The summed E-state index contributed by atoms with van der Waals surface area (Å²) < 4.78 is 36.5. The van der Waals surface area contributed by atoms with Crippen LogP contribution in [0.4, 0.5) is 4.39 Å². The smallest absolute Gasteiger partial charge is 0.175 e. The van der Waals surface area contributed by atoms with Crippen molar-refractivity contribution in [3.63, 3.8) is 0 Å². The van der Waals surface area contributed by atoms with E-state index in [1.54, 1.807) is 6.07 Å². The van der Waals surface area contributed by atoms with E-state index in [1.807, 2.05) is 0 Å². The largest absolute Gasteiger partial charge is 0.392 e. The monoisotopic (exact) mass is 342 g/mol. The van der Waals surface area contributed by atoms with Crippen molar-refractivity contribution in [3.8, 4) is 0 Å². The molecule has 7 heteroatoms. The quantitative estimate of drug-likeness (QED) is 0.872. The van der Waals surface area contributed by atoms with Crippen LogP contribution in [-0.4, -0.2) is 24.9 Å². The highest BCUT2D eigenvalue weighted by molar-refractivity contribution is 7.99. The molecule has 0 aliphatic rings. The minimum atomic E-state index is -3.37. The van der Waals surface area contributed by atoms with Crippen LogP contribution in [0.1, 0.15) is 11.1 Å². The molecule has 2 aromatic rings. The van der Waals surface area contributed by atoms with Crippen molar-refractivity contribution in [2.45, 2.75) is 27.9 Å². The zero-order valence-electron chi connectivity index (χ0n) is 11.8. The number of aliphatic hydroxyl groups excluding tert-OH is 2. The molecule has 2 N–H and O–H groups in total. The summed E-state index contributed by atoms with van der Waals surface area (Å²) in [4.78, 5) is 1.29. The van der Waals surface area contributed by atoms with Crippen LogP contribution in [0, 0.1) is 5.82 Å². The van der Waals surface area contributed by atoms with Crippen LogP contribution < -0.4 is 0 Å². The van der Waals surface area contributed by atoms with E-state index in [1.165, 1.54) is 42.1 Å². The summed E-state index contributed by atoms with van der Waals surface area (Å²) in [6, 6.07) is 8.45. The molecule has 118 valence electrons. The summed E-state index contributed by atoms with van der Waals surface area (Å²) in [6.45, 7) is -0.581. The summed E-state index contributed by atoms with van der Waals surface area (Å²) in [7, 11) is -3.37. The van der Waals surface area contributed by atoms with E-state index in [0.717, 1.165) is 6.26 Å². The first-order valence-electron chi connectivity index (χ1n) is 6.36. The maximum Gasteiger partial charge on any atom is 0.175 e. The predicted molar refractivity (Wildman–Crippen MR) is 81.9 cm³/mol. The zero-order valence-corrected chi connectivity index (χ0v) is 13.4. The normalized spacial score (nSPS) is 11.6. The topological polar surface area (TPSA) is 74.6 Å². The molecule has 2 aromatic carbocycles. The van der Waals surface area contributed by atoms with Gasteiger partial charge in [-0.05, 0) is 41.5 Å². The Morgan fingerprint density at radius 1 is 1.00 bits per heavy atom. The van der Waals surface area contributed by atoms with E-state index in [4.69, 9.17) is 0 Å². The molecule has 0 unspecified atom stereocenters. The molecule has 0 aromatic heterocycles. The van der Waals surface area contributed by atoms with Gasteiger partial charge in [-0.1, -0.05) is 17.8 Å². The Hall–Kier alpha value is -1.41. The summed E-state index contributed by atoms with van der Waals surface area (Å²) in [5.74, 6) is -0.458. The zero-order chi connectivity index (χ0) is 16.3. The van der Waals surface area contributed by atoms with Crippen molar-refractivity contribution in [1.82, 2.24) is 0 Å². The van der Waals surface area contributed by atoms with Gasteiger partial charge in [0, 0.05) is 16.0 Å². The molecule has 0 aliphatic carbocycles. The van der Waals surface area contributed by atoms with Gasteiger partial charge in [-0.2, -0.15) is 0 Å². The number of benzene rings is 2. The molecule has 0 saturated heterocycles. The average molecular weight is 342 g/mol. The van der Waals surface area contributed by atoms with E-state index in [-0.39, 0.29) is 18.1 Å². The van der Waals surface area contributed by atoms with Crippen LogP contribution in [0.25, 0.3) is 0 Å². The number of sulfone groups is 1. The van der Waals surface area contributed by atoms with Gasteiger partial charge in [-0.15, -0.1) is 0 Å². The van der Waals surface area contributed by atoms with Crippen LogP contribution in [0.5, 0.6) is 0 Å². The van der Waals surface area contributed by atoms with Crippen LogP contribution in [0.2, 0.25) is 0 Å². The molecule has 2 rings (SSSR count). The van der Waals surface area contributed by atoms with Gasteiger partial charge >= 0.3 is 0 Å². The van der Waals surface area contributed by atoms with Gasteiger partial charge in [-0.3, -0.25) is 0 Å². The first-order chi connectivity index (χ1) is 10.3. The lowest BCUT2D eigenvalue weighted by Crippen LogP contribution is -1.99. The van der Waals surface area contributed by atoms with Crippen molar-refractivity contribution in [3.05, 3.63) is 53.3 Å². The number of aliphatic hydroxyl groups is 2. The molecule has 0 saturated carbocycles. The summed E-state index contributed by atoms with van der Waals surface area (Å²) in [5, 5.41) is 18.7. The van der Waals surface area contributed by atoms with Crippen molar-refractivity contribution in [1.29, 1.82) is 0 Å². The van der Waals surface area contributed by atoms with Gasteiger partial charge in [0.2, 0.25) is 0 Å². The van der Waals surface area contributed by atoms with E-state index in [2.05, 4.69) is 0 Å². The van der Waals surface area contributed by atoms with Crippen LogP contribution in [-0.2, 0) is 23.1 Å². The van der Waals surface area contributed by atoms with E-state index in [0.29, 0.717) is 20.9 Å². The lowest BCUT2D eigenvalue weighted by molar-refractivity contribution is 0.278. The van der Waals surface area contributed by atoms with E-state index in [9.17, 15) is 23.0 Å². The number of hydrogen-bond acceptors (Lipinski definition) is 5. The molecule has 22 heavy (non-hydrogen) atoms. The molecule has 0 heterocycles. The van der Waals surface area contributed by atoms with Crippen molar-refractivity contribution >= 4 is 21.6 Å². The van der Waals surface area contributed by atoms with E-state index < -0.39 is 15.7 Å². The lowest BCUT2D eigenvalue weighted by atomic mass is 10.2. The molecule has 0 aliphatic heterocycles. The van der Waals surface area contributed by atoms with Gasteiger partial charge < -0.3 is 10.2 Å². The molecule has 0 radical (unpaired) electrons. The molecular weight excluding hydrogens is 327 g/mol. The molecule has 0 bridgehead atoms.